The molecule has 1 amide bonds. The maximum Gasteiger partial charge on any atom is 0.269 e. The van der Waals surface area contributed by atoms with Crippen molar-refractivity contribution in [1.82, 2.24) is 0 Å². The summed E-state index contributed by atoms with van der Waals surface area (Å²) in [5.41, 5.74) is 4.01. The number of carbonyl (C=O) groups excluding carboxylic acids is 1. The molecular formula is C18H20N2O3S. The van der Waals surface area contributed by atoms with Gasteiger partial charge >= 0.3 is 0 Å². The monoisotopic (exact) mass is 344 g/mol. The number of amides is 1. The summed E-state index contributed by atoms with van der Waals surface area (Å²) in [6.07, 6.45) is 0. The molecule has 0 radical (unpaired) electrons. The van der Waals surface area contributed by atoms with E-state index in [9.17, 15) is 14.9 Å². The number of thioether (sulfide) groups is 1. The van der Waals surface area contributed by atoms with E-state index in [1.807, 2.05) is 45.0 Å². The number of non-ortho nitro benzene ring substituents is 1. The van der Waals surface area contributed by atoms with Gasteiger partial charge in [-0.25, -0.2) is 0 Å². The second kappa shape index (κ2) is 7.97. The zero-order valence-electron chi connectivity index (χ0n) is 13.9. The van der Waals surface area contributed by atoms with Gasteiger partial charge in [-0.2, -0.15) is 0 Å². The topological polar surface area (TPSA) is 72.2 Å². The van der Waals surface area contributed by atoms with Gasteiger partial charge in [0.2, 0.25) is 5.91 Å². The highest BCUT2D eigenvalue weighted by atomic mass is 32.2. The number of benzene rings is 2. The number of rotatable bonds is 6. The normalized spacial score (nSPS) is 11.8. The number of carbonyl (C=O) groups is 1. The number of aryl methyl sites for hydroxylation is 2. The quantitative estimate of drug-likeness (QED) is 0.612. The first-order valence-electron chi connectivity index (χ1n) is 7.60. The van der Waals surface area contributed by atoms with Crippen molar-refractivity contribution in [2.75, 3.05) is 11.1 Å². The molecule has 6 heteroatoms. The molecule has 0 aliphatic heterocycles. The lowest BCUT2D eigenvalue weighted by molar-refractivity contribution is -0.384. The minimum atomic E-state index is -0.409. The smallest absolute Gasteiger partial charge is 0.269 e. The summed E-state index contributed by atoms with van der Waals surface area (Å²) in [7, 11) is 0. The summed E-state index contributed by atoms with van der Waals surface area (Å²) in [6, 6.07) is 12.3. The Kier molecular flexibility index (Phi) is 5.98. The summed E-state index contributed by atoms with van der Waals surface area (Å²) in [6.45, 7) is 5.97. The first-order valence-corrected chi connectivity index (χ1v) is 8.64. The molecule has 0 saturated heterocycles. The molecule has 0 bridgehead atoms. The van der Waals surface area contributed by atoms with Crippen molar-refractivity contribution in [3.8, 4) is 0 Å². The van der Waals surface area contributed by atoms with Crippen LogP contribution in [0, 0.1) is 24.0 Å². The number of nitrogens with zero attached hydrogens (tertiary/aromatic N) is 1. The van der Waals surface area contributed by atoms with Gasteiger partial charge in [0.15, 0.2) is 0 Å². The molecule has 0 aliphatic carbocycles. The van der Waals surface area contributed by atoms with Crippen molar-refractivity contribution in [3.63, 3.8) is 0 Å². The van der Waals surface area contributed by atoms with Crippen LogP contribution >= 0.6 is 11.8 Å². The number of hydrogen-bond acceptors (Lipinski definition) is 4. The number of anilines is 1. The van der Waals surface area contributed by atoms with Gasteiger partial charge in [-0.3, -0.25) is 14.9 Å². The molecular weight excluding hydrogens is 324 g/mol. The van der Waals surface area contributed by atoms with Gasteiger partial charge in [0.05, 0.1) is 10.7 Å². The molecule has 0 fully saturated rings. The lowest BCUT2D eigenvalue weighted by Crippen LogP contribution is -2.14. The summed E-state index contributed by atoms with van der Waals surface area (Å²) >= 11 is 1.45. The van der Waals surface area contributed by atoms with Crippen LogP contribution in [0.1, 0.15) is 28.9 Å². The molecule has 0 saturated carbocycles. The molecule has 0 spiro atoms. The third-order valence-electron chi connectivity index (χ3n) is 3.81. The summed E-state index contributed by atoms with van der Waals surface area (Å²) in [5, 5.41) is 13.7. The van der Waals surface area contributed by atoms with Gasteiger partial charge in [-0.1, -0.05) is 18.2 Å². The highest BCUT2D eigenvalue weighted by molar-refractivity contribution is 8.00. The standard InChI is InChI=1S/C18H20N2O3S/c1-12-7-8-16(9-13(12)2)19-18(21)11-24-14(3)15-5-4-6-17(10-15)20(22)23/h4-10,14H,11H2,1-3H3,(H,19,21)/t14-/m1/s1. The second-order valence-electron chi connectivity index (χ2n) is 5.65. The van der Waals surface area contributed by atoms with Gasteiger partial charge < -0.3 is 5.32 Å². The first kappa shape index (κ1) is 18.0. The van der Waals surface area contributed by atoms with E-state index in [2.05, 4.69) is 5.32 Å². The molecule has 0 aromatic heterocycles. The van der Waals surface area contributed by atoms with Gasteiger partial charge in [0, 0.05) is 23.1 Å². The molecule has 2 aromatic carbocycles. The van der Waals surface area contributed by atoms with E-state index in [-0.39, 0.29) is 22.6 Å². The molecule has 1 atom stereocenters. The number of nitro benzene ring substituents is 1. The highest BCUT2D eigenvalue weighted by Crippen LogP contribution is 2.30. The Morgan fingerprint density at radius 2 is 1.96 bits per heavy atom. The van der Waals surface area contributed by atoms with Crippen LogP contribution in [-0.2, 0) is 4.79 Å². The van der Waals surface area contributed by atoms with Crippen LogP contribution in [0.5, 0.6) is 0 Å². The lowest BCUT2D eigenvalue weighted by atomic mass is 10.1. The third-order valence-corrected chi connectivity index (χ3v) is 5.01. The SMILES string of the molecule is Cc1ccc(NC(=O)CS[C@H](C)c2cccc([N+](=O)[O-])c2)cc1C. The molecule has 0 aliphatic rings. The Bertz CT molecular complexity index is 762. The number of hydrogen-bond donors (Lipinski definition) is 1. The van der Waals surface area contributed by atoms with Crippen LogP contribution in [0.4, 0.5) is 11.4 Å². The zero-order chi connectivity index (χ0) is 17.7. The van der Waals surface area contributed by atoms with Crippen molar-refractivity contribution in [1.29, 1.82) is 0 Å². The average Bonchev–Trinajstić information content (AvgIpc) is 2.56. The van der Waals surface area contributed by atoms with E-state index in [0.29, 0.717) is 0 Å². The van der Waals surface area contributed by atoms with E-state index >= 15 is 0 Å². The molecule has 126 valence electrons. The van der Waals surface area contributed by atoms with E-state index in [1.165, 1.54) is 23.4 Å². The van der Waals surface area contributed by atoms with Crippen molar-refractivity contribution in [2.24, 2.45) is 0 Å². The maximum absolute atomic E-state index is 12.1. The minimum absolute atomic E-state index is 0.00426. The minimum Gasteiger partial charge on any atom is -0.325 e. The van der Waals surface area contributed by atoms with E-state index in [1.54, 1.807) is 12.1 Å². The third kappa shape index (κ3) is 4.83. The fraction of sp³-hybridized carbons (Fsp3) is 0.278. The number of nitro groups is 1. The van der Waals surface area contributed by atoms with Crippen molar-refractivity contribution < 1.29 is 9.72 Å². The van der Waals surface area contributed by atoms with Gasteiger partial charge in [-0.15, -0.1) is 11.8 Å². The fourth-order valence-electron chi connectivity index (χ4n) is 2.20. The van der Waals surface area contributed by atoms with Crippen LogP contribution in [0.25, 0.3) is 0 Å². The molecule has 24 heavy (non-hydrogen) atoms. The van der Waals surface area contributed by atoms with Crippen LogP contribution < -0.4 is 5.32 Å². The maximum atomic E-state index is 12.1. The zero-order valence-corrected chi connectivity index (χ0v) is 14.7. The summed E-state index contributed by atoms with van der Waals surface area (Å²) < 4.78 is 0. The van der Waals surface area contributed by atoms with Crippen molar-refractivity contribution in [2.45, 2.75) is 26.0 Å². The van der Waals surface area contributed by atoms with E-state index < -0.39 is 4.92 Å². The highest BCUT2D eigenvalue weighted by Gasteiger charge is 2.13. The Morgan fingerprint density at radius 1 is 1.21 bits per heavy atom. The Morgan fingerprint density at radius 3 is 2.62 bits per heavy atom. The van der Waals surface area contributed by atoms with Gasteiger partial charge in [-0.05, 0) is 49.6 Å². The van der Waals surface area contributed by atoms with E-state index in [4.69, 9.17) is 0 Å². The largest absolute Gasteiger partial charge is 0.325 e. The molecule has 2 rings (SSSR count). The predicted octanol–water partition coefficient (Wildman–Crippen LogP) is 4.64. The summed E-state index contributed by atoms with van der Waals surface area (Å²) in [4.78, 5) is 22.5. The van der Waals surface area contributed by atoms with Crippen LogP contribution in [-0.4, -0.2) is 16.6 Å². The van der Waals surface area contributed by atoms with Crippen molar-refractivity contribution >= 4 is 29.0 Å². The summed E-state index contributed by atoms with van der Waals surface area (Å²) in [5.74, 6) is 0.206. The average molecular weight is 344 g/mol. The Labute approximate surface area is 145 Å². The van der Waals surface area contributed by atoms with E-state index in [0.717, 1.165) is 16.8 Å². The molecule has 0 unspecified atom stereocenters. The molecule has 1 N–H and O–H groups in total. The van der Waals surface area contributed by atoms with Crippen LogP contribution in [0.2, 0.25) is 0 Å². The molecule has 2 aromatic rings. The number of nitrogens with one attached hydrogen (secondary N) is 1. The van der Waals surface area contributed by atoms with Crippen molar-refractivity contribution in [3.05, 3.63) is 69.3 Å². The first-order chi connectivity index (χ1) is 11.4. The lowest BCUT2D eigenvalue weighted by Gasteiger charge is -2.12. The molecule has 5 nitrogen and oxygen atoms in total. The predicted molar refractivity (Wildman–Crippen MR) is 98.5 cm³/mol. The van der Waals surface area contributed by atoms with Gasteiger partial charge in [0.25, 0.3) is 5.69 Å². The Hall–Kier alpha value is -2.34. The molecule has 0 heterocycles. The van der Waals surface area contributed by atoms with Gasteiger partial charge in [0.1, 0.15) is 0 Å². The Balaban J connectivity index is 1.92. The second-order valence-corrected chi connectivity index (χ2v) is 6.98. The van der Waals surface area contributed by atoms with Crippen LogP contribution in [0.15, 0.2) is 42.5 Å². The van der Waals surface area contributed by atoms with Crippen LogP contribution in [0.3, 0.4) is 0 Å². The fourth-order valence-corrected chi connectivity index (χ4v) is 3.02.